The molecule has 1 heterocycles. The number of amides is 1. The first-order valence-electron chi connectivity index (χ1n) is 10.1. The second-order valence-electron chi connectivity index (χ2n) is 9.04. The van der Waals surface area contributed by atoms with Gasteiger partial charge in [0.05, 0.1) is 4.90 Å². The minimum atomic E-state index is -3.40. The Morgan fingerprint density at radius 2 is 1.56 bits per heavy atom. The molecular weight excluding hydrogens is 360 g/mol. The Morgan fingerprint density at radius 3 is 2.07 bits per heavy atom. The third-order valence-electron chi connectivity index (χ3n) is 6.15. The average Bonchev–Trinajstić information content (AvgIpc) is 3.17. The van der Waals surface area contributed by atoms with Crippen molar-refractivity contribution < 1.29 is 13.2 Å². The molecule has 1 N–H and O–H groups in total. The zero-order chi connectivity index (χ0) is 19.7. The maximum Gasteiger partial charge on any atom is 0.243 e. The molecule has 1 amide bonds. The molecule has 3 rings (SSSR count). The van der Waals surface area contributed by atoms with Gasteiger partial charge in [-0.2, -0.15) is 4.31 Å². The summed E-state index contributed by atoms with van der Waals surface area (Å²) in [6.45, 7) is 8.01. The Labute approximate surface area is 163 Å². The Bertz CT molecular complexity index is 752. The van der Waals surface area contributed by atoms with E-state index in [2.05, 4.69) is 26.1 Å². The third-order valence-corrected chi connectivity index (χ3v) is 8.06. The van der Waals surface area contributed by atoms with Crippen molar-refractivity contribution in [1.29, 1.82) is 0 Å². The van der Waals surface area contributed by atoms with Crippen LogP contribution < -0.4 is 5.32 Å². The lowest BCUT2D eigenvalue weighted by atomic mass is 9.69. The van der Waals surface area contributed by atoms with Crippen LogP contribution in [0.4, 0.5) is 5.69 Å². The Morgan fingerprint density at radius 1 is 1.00 bits per heavy atom. The number of nitrogens with one attached hydrogen (secondary N) is 1. The second kappa shape index (κ2) is 7.92. The van der Waals surface area contributed by atoms with Crippen LogP contribution in [0.2, 0.25) is 0 Å². The lowest BCUT2D eigenvalue weighted by Gasteiger charge is -2.36. The van der Waals surface area contributed by atoms with Crippen molar-refractivity contribution in [1.82, 2.24) is 4.31 Å². The van der Waals surface area contributed by atoms with Gasteiger partial charge in [-0.15, -0.1) is 0 Å². The highest BCUT2D eigenvalue weighted by Gasteiger charge is 2.32. The topological polar surface area (TPSA) is 66.5 Å². The molecule has 0 radical (unpaired) electrons. The third kappa shape index (κ3) is 4.72. The molecule has 27 heavy (non-hydrogen) atoms. The smallest absolute Gasteiger partial charge is 0.243 e. The van der Waals surface area contributed by atoms with Gasteiger partial charge in [-0.1, -0.05) is 20.8 Å². The number of nitrogens with zero attached hydrogens (tertiary/aromatic N) is 1. The van der Waals surface area contributed by atoms with E-state index >= 15 is 0 Å². The van der Waals surface area contributed by atoms with Gasteiger partial charge in [0, 0.05) is 24.7 Å². The molecule has 1 aromatic carbocycles. The molecule has 1 aliphatic heterocycles. The summed E-state index contributed by atoms with van der Waals surface area (Å²) in [5.41, 5.74) is 0.969. The molecule has 6 heteroatoms. The fraction of sp³-hybridized carbons (Fsp3) is 0.667. The van der Waals surface area contributed by atoms with E-state index < -0.39 is 10.0 Å². The van der Waals surface area contributed by atoms with Crippen LogP contribution in [0.3, 0.4) is 0 Å². The summed E-state index contributed by atoms with van der Waals surface area (Å²) in [4.78, 5) is 12.9. The SMILES string of the molecule is CC(C)(C)C1CCC(C(=O)Nc2ccc(S(=O)(=O)N3CCCC3)cc2)CC1. The Kier molecular flexibility index (Phi) is 5.96. The highest BCUT2D eigenvalue weighted by Crippen LogP contribution is 2.40. The number of hydrogen-bond acceptors (Lipinski definition) is 3. The molecule has 0 unspecified atom stereocenters. The van der Waals surface area contributed by atoms with Gasteiger partial charge < -0.3 is 5.32 Å². The van der Waals surface area contributed by atoms with Crippen LogP contribution in [-0.4, -0.2) is 31.7 Å². The van der Waals surface area contributed by atoms with Gasteiger partial charge in [-0.25, -0.2) is 8.42 Å². The first kappa shape index (κ1) is 20.3. The molecule has 1 saturated carbocycles. The average molecular weight is 393 g/mol. The van der Waals surface area contributed by atoms with E-state index in [4.69, 9.17) is 0 Å². The fourth-order valence-electron chi connectivity index (χ4n) is 4.25. The van der Waals surface area contributed by atoms with Crippen molar-refractivity contribution >= 4 is 21.6 Å². The van der Waals surface area contributed by atoms with Crippen molar-refractivity contribution in [2.75, 3.05) is 18.4 Å². The van der Waals surface area contributed by atoms with E-state index in [1.165, 1.54) is 4.31 Å². The lowest BCUT2D eigenvalue weighted by Crippen LogP contribution is -2.31. The quantitative estimate of drug-likeness (QED) is 0.832. The maximum absolute atomic E-state index is 12.6. The summed E-state index contributed by atoms with van der Waals surface area (Å²) in [6, 6.07) is 6.59. The minimum Gasteiger partial charge on any atom is -0.326 e. The van der Waals surface area contributed by atoms with E-state index in [1.54, 1.807) is 24.3 Å². The number of carbonyl (C=O) groups excluding carboxylic acids is 1. The predicted molar refractivity (Wildman–Crippen MR) is 108 cm³/mol. The summed E-state index contributed by atoms with van der Waals surface area (Å²) >= 11 is 0. The molecule has 2 fully saturated rings. The molecule has 5 nitrogen and oxygen atoms in total. The summed E-state index contributed by atoms with van der Waals surface area (Å²) in [7, 11) is -3.40. The number of hydrogen-bond donors (Lipinski definition) is 1. The first-order valence-corrected chi connectivity index (χ1v) is 11.5. The van der Waals surface area contributed by atoms with Gasteiger partial charge >= 0.3 is 0 Å². The molecule has 1 aromatic rings. The Hall–Kier alpha value is -1.40. The van der Waals surface area contributed by atoms with Crippen LogP contribution in [-0.2, 0) is 14.8 Å². The minimum absolute atomic E-state index is 0.0524. The van der Waals surface area contributed by atoms with Crippen molar-refractivity contribution in [2.45, 2.75) is 64.2 Å². The van der Waals surface area contributed by atoms with Gasteiger partial charge in [0.1, 0.15) is 0 Å². The van der Waals surface area contributed by atoms with E-state index in [0.717, 1.165) is 38.5 Å². The molecule has 150 valence electrons. The monoisotopic (exact) mass is 392 g/mol. The van der Waals surface area contributed by atoms with Crippen LogP contribution in [0.1, 0.15) is 59.3 Å². The molecule has 2 aliphatic rings. The summed E-state index contributed by atoms with van der Waals surface area (Å²) in [5.74, 6) is 0.783. The van der Waals surface area contributed by atoms with E-state index in [-0.39, 0.29) is 11.8 Å². The Balaban J connectivity index is 1.58. The zero-order valence-corrected chi connectivity index (χ0v) is 17.5. The van der Waals surface area contributed by atoms with E-state index in [9.17, 15) is 13.2 Å². The van der Waals surface area contributed by atoms with Crippen molar-refractivity contribution in [2.24, 2.45) is 17.3 Å². The van der Waals surface area contributed by atoms with Gasteiger partial charge in [-0.3, -0.25) is 4.79 Å². The fourth-order valence-corrected chi connectivity index (χ4v) is 5.77. The lowest BCUT2D eigenvalue weighted by molar-refractivity contribution is -0.121. The summed E-state index contributed by atoms with van der Waals surface area (Å²) in [5, 5.41) is 2.97. The molecule has 0 atom stereocenters. The number of benzene rings is 1. The van der Waals surface area contributed by atoms with Gasteiger partial charge in [-0.05, 0) is 74.1 Å². The molecule has 0 spiro atoms. The molecular formula is C21H32N2O3S. The van der Waals surface area contributed by atoms with Crippen molar-refractivity contribution in [3.05, 3.63) is 24.3 Å². The number of anilines is 1. The highest BCUT2D eigenvalue weighted by molar-refractivity contribution is 7.89. The van der Waals surface area contributed by atoms with Crippen LogP contribution in [0, 0.1) is 17.3 Å². The van der Waals surface area contributed by atoms with Gasteiger partial charge in [0.2, 0.25) is 15.9 Å². The molecule has 0 bridgehead atoms. The van der Waals surface area contributed by atoms with E-state index in [0.29, 0.717) is 35.0 Å². The standard InChI is InChI=1S/C21H32N2O3S/c1-21(2,3)17-8-6-16(7-9-17)20(24)22-18-10-12-19(13-11-18)27(25,26)23-14-4-5-15-23/h10-13,16-17H,4-9,14-15H2,1-3H3,(H,22,24). The maximum atomic E-state index is 12.6. The second-order valence-corrected chi connectivity index (χ2v) is 11.0. The summed E-state index contributed by atoms with van der Waals surface area (Å²) in [6.07, 6.45) is 5.88. The van der Waals surface area contributed by atoms with Crippen LogP contribution in [0.5, 0.6) is 0 Å². The normalized spacial score (nSPS) is 24.7. The van der Waals surface area contributed by atoms with Crippen molar-refractivity contribution in [3.63, 3.8) is 0 Å². The highest BCUT2D eigenvalue weighted by atomic mass is 32.2. The van der Waals surface area contributed by atoms with Crippen LogP contribution >= 0.6 is 0 Å². The van der Waals surface area contributed by atoms with Crippen LogP contribution in [0.15, 0.2) is 29.2 Å². The number of carbonyl (C=O) groups is 1. The predicted octanol–water partition coefficient (Wildman–Crippen LogP) is 4.26. The van der Waals surface area contributed by atoms with Crippen molar-refractivity contribution in [3.8, 4) is 0 Å². The number of sulfonamides is 1. The van der Waals surface area contributed by atoms with Gasteiger partial charge in [0.25, 0.3) is 0 Å². The summed E-state index contributed by atoms with van der Waals surface area (Å²) < 4.78 is 26.7. The molecule has 1 saturated heterocycles. The largest absolute Gasteiger partial charge is 0.326 e. The van der Waals surface area contributed by atoms with E-state index in [1.807, 2.05) is 0 Å². The van der Waals surface area contributed by atoms with Crippen LogP contribution in [0.25, 0.3) is 0 Å². The number of rotatable bonds is 4. The molecule has 0 aromatic heterocycles. The van der Waals surface area contributed by atoms with Gasteiger partial charge in [0.15, 0.2) is 0 Å². The molecule has 1 aliphatic carbocycles. The zero-order valence-electron chi connectivity index (χ0n) is 16.7. The first-order chi connectivity index (χ1) is 12.7.